The van der Waals surface area contributed by atoms with Crippen molar-refractivity contribution in [2.45, 2.75) is 31.7 Å². The van der Waals surface area contributed by atoms with Crippen molar-refractivity contribution in [3.8, 4) is 0 Å². The van der Waals surface area contributed by atoms with Crippen molar-refractivity contribution in [1.29, 1.82) is 0 Å². The van der Waals surface area contributed by atoms with Crippen LogP contribution in [-0.2, 0) is 0 Å². The smallest absolute Gasteiger partial charge is 0.0607 e. The van der Waals surface area contributed by atoms with Gasteiger partial charge in [0.25, 0.3) is 0 Å². The zero-order valence-electron chi connectivity index (χ0n) is 10.1. The molecule has 0 bridgehead atoms. The van der Waals surface area contributed by atoms with Crippen molar-refractivity contribution in [1.82, 2.24) is 5.32 Å². The first kappa shape index (κ1) is 11.6. The quantitative estimate of drug-likeness (QED) is 0.795. The minimum absolute atomic E-state index is 0.149. The average Bonchev–Trinajstić information content (AvgIpc) is 3.07. The molecule has 2 N–H and O–H groups in total. The summed E-state index contributed by atoms with van der Waals surface area (Å²) in [6, 6.07) is 10.7. The number of hydrogen-bond donors (Lipinski definition) is 2. The van der Waals surface area contributed by atoms with Crippen molar-refractivity contribution in [3.63, 3.8) is 0 Å². The third-order valence-electron chi connectivity index (χ3n) is 3.39. The van der Waals surface area contributed by atoms with Gasteiger partial charge in [-0.3, -0.25) is 0 Å². The highest BCUT2D eigenvalue weighted by atomic mass is 16.3. The molecule has 1 aliphatic carbocycles. The Bertz CT molecular complexity index is 334. The van der Waals surface area contributed by atoms with Gasteiger partial charge in [-0.1, -0.05) is 30.3 Å². The van der Waals surface area contributed by atoms with Crippen LogP contribution in [0.15, 0.2) is 30.3 Å². The largest absolute Gasteiger partial charge is 0.394 e. The van der Waals surface area contributed by atoms with Crippen molar-refractivity contribution in [2.75, 3.05) is 13.2 Å². The maximum atomic E-state index is 9.15. The third kappa shape index (κ3) is 2.83. The SMILES string of the molecule is CC(C)(CO)NCC1CC1c1ccccc1. The first-order valence-electron chi connectivity index (χ1n) is 6.03. The van der Waals surface area contributed by atoms with Gasteiger partial charge in [0, 0.05) is 5.54 Å². The Kier molecular flexibility index (Phi) is 3.31. The molecule has 0 spiro atoms. The number of benzene rings is 1. The molecule has 2 unspecified atom stereocenters. The molecule has 2 nitrogen and oxygen atoms in total. The van der Waals surface area contributed by atoms with Crippen molar-refractivity contribution < 1.29 is 5.11 Å². The molecule has 1 aromatic rings. The van der Waals surface area contributed by atoms with Crippen LogP contribution < -0.4 is 5.32 Å². The van der Waals surface area contributed by atoms with Gasteiger partial charge in [-0.05, 0) is 44.2 Å². The Morgan fingerprint density at radius 2 is 2.00 bits per heavy atom. The van der Waals surface area contributed by atoms with Gasteiger partial charge in [0.2, 0.25) is 0 Å². The fraction of sp³-hybridized carbons (Fsp3) is 0.571. The van der Waals surface area contributed by atoms with Gasteiger partial charge < -0.3 is 10.4 Å². The van der Waals surface area contributed by atoms with Gasteiger partial charge in [0.15, 0.2) is 0 Å². The topological polar surface area (TPSA) is 32.3 Å². The highest BCUT2D eigenvalue weighted by Crippen LogP contribution is 2.46. The van der Waals surface area contributed by atoms with Crippen molar-refractivity contribution >= 4 is 0 Å². The molecule has 0 amide bonds. The van der Waals surface area contributed by atoms with Crippen LogP contribution >= 0.6 is 0 Å². The van der Waals surface area contributed by atoms with Gasteiger partial charge in [0.1, 0.15) is 0 Å². The van der Waals surface area contributed by atoms with Crippen LogP contribution in [0.5, 0.6) is 0 Å². The molecule has 1 aliphatic rings. The lowest BCUT2D eigenvalue weighted by atomic mass is 10.1. The Balaban J connectivity index is 1.80. The van der Waals surface area contributed by atoms with Gasteiger partial charge >= 0.3 is 0 Å². The van der Waals surface area contributed by atoms with E-state index in [1.165, 1.54) is 12.0 Å². The number of aliphatic hydroxyl groups is 1. The van der Waals surface area contributed by atoms with E-state index in [-0.39, 0.29) is 12.1 Å². The highest BCUT2D eigenvalue weighted by molar-refractivity contribution is 5.25. The number of hydrogen-bond acceptors (Lipinski definition) is 2. The third-order valence-corrected chi connectivity index (χ3v) is 3.39. The lowest BCUT2D eigenvalue weighted by Crippen LogP contribution is -2.43. The molecule has 2 heteroatoms. The van der Waals surface area contributed by atoms with Crippen LogP contribution in [0.25, 0.3) is 0 Å². The Labute approximate surface area is 97.7 Å². The number of rotatable bonds is 5. The van der Waals surface area contributed by atoms with Gasteiger partial charge in [-0.25, -0.2) is 0 Å². The summed E-state index contributed by atoms with van der Waals surface area (Å²) in [6.07, 6.45) is 1.28. The summed E-state index contributed by atoms with van der Waals surface area (Å²) in [4.78, 5) is 0. The van der Waals surface area contributed by atoms with Crippen LogP contribution in [-0.4, -0.2) is 23.8 Å². The average molecular weight is 219 g/mol. The predicted octanol–water partition coefficient (Wildman–Crippen LogP) is 2.15. The first-order chi connectivity index (χ1) is 7.62. The van der Waals surface area contributed by atoms with Crippen LogP contribution in [0.2, 0.25) is 0 Å². The van der Waals surface area contributed by atoms with Gasteiger partial charge in [0.05, 0.1) is 6.61 Å². The zero-order valence-corrected chi connectivity index (χ0v) is 10.1. The maximum Gasteiger partial charge on any atom is 0.0607 e. The Morgan fingerprint density at radius 1 is 1.31 bits per heavy atom. The van der Waals surface area contributed by atoms with Gasteiger partial charge in [-0.2, -0.15) is 0 Å². The van der Waals surface area contributed by atoms with E-state index >= 15 is 0 Å². The minimum atomic E-state index is -0.149. The van der Waals surface area contributed by atoms with Crippen molar-refractivity contribution in [2.24, 2.45) is 5.92 Å². The molecule has 0 radical (unpaired) electrons. The van der Waals surface area contributed by atoms with E-state index in [9.17, 15) is 0 Å². The molecule has 1 aromatic carbocycles. The molecule has 0 saturated heterocycles. The molecule has 0 aliphatic heterocycles. The lowest BCUT2D eigenvalue weighted by molar-refractivity contribution is 0.187. The van der Waals surface area contributed by atoms with E-state index in [4.69, 9.17) is 5.11 Å². The molecule has 2 rings (SSSR count). The second kappa shape index (κ2) is 4.56. The van der Waals surface area contributed by atoms with E-state index in [2.05, 4.69) is 35.6 Å². The van der Waals surface area contributed by atoms with Gasteiger partial charge in [-0.15, -0.1) is 0 Å². The van der Waals surface area contributed by atoms with E-state index in [0.29, 0.717) is 0 Å². The summed E-state index contributed by atoms with van der Waals surface area (Å²) in [6.45, 7) is 5.27. The predicted molar refractivity (Wildman–Crippen MR) is 66.5 cm³/mol. The molecule has 1 saturated carbocycles. The van der Waals surface area contributed by atoms with E-state index in [1.807, 2.05) is 13.8 Å². The summed E-state index contributed by atoms with van der Waals surface area (Å²) in [5.74, 6) is 1.47. The summed E-state index contributed by atoms with van der Waals surface area (Å²) < 4.78 is 0. The molecule has 0 aromatic heterocycles. The summed E-state index contributed by atoms with van der Waals surface area (Å²) in [5, 5.41) is 12.6. The maximum absolute atomic E-state index is 9.15. The standard InChI is InChI=1S/C14H21NO/c1-14(2,10-16)15-9-12-8-13(12)11-6-4-3-5-7-11/h3-7,12-13,15-16H,8-10H2,1-2H3. The second-order valence-corrected chi connectivity index (χ2v) is 5.44. The molecule has 1 fully saturated rings. The summed E-state index contributed by atoms with van der Waals surface area (Å²) in [7, 11) is 0. The zero-order chi connectivity index (χ0) is 11.6. The monoisotopic (exact) mass is 219 g/mol. The Hall–Kier alpha value is -0.860. The molecular weight excluding hydrogens is 198 g/mol. The highest BCUT2D eigenvalue weighted by Gasteiger charge is 2.38. The molecule has 88 valence electrons. The minimum Gasteiger partial charge on any atom is -0.394 e. The second-order valence-electron chi connectivity index (χ2n) is 5.44. The van der Waals surface area contributed by atoms with E-state index in [0.717, 1.165) is 18.4 Å². The fourth-order valence-corrected chi connectivity index (χ4v) is 2.04. The number of aliphatic hydroxyl groups excluding tert-OH is 1. The molecule has 16 heavy (non-hydrogen) atoms. The molecule has 2 atom stereocenters. The molecule has 0 heterocycles. The normalized spacial score (nSPS) is 24.4. The molecular formula is C14H21NO. The van der Waals surface area contributed by atoms with Crippen LogP contribution in [0.3, 0.4) is 0 Å². The Morgan fingerprint density at radius 3 is 2.62 bits per heavy atom. The summed E-state index contributed by atoms with van der Waals surface area (Å²) in [5.41, 5.74) is 1.31. The summed E-state index contributed by atoms with van der Waals surface area (Å²) >= 11 is 0. The van der Waals surface area contributed by atoms with Crippen LogP contribution in [0.4, 0.5) is 0 Å². The van der Waals surface area contributed by atoms with E-state index in [1.54, 1.807) is 0 Å². The number of nitrogens with one attached hydrogen (secondary N) is 1. The fourth-order valence-electron chi connectivity index (χ4n) is 2.04. The first-order valence-corrected chi connectivity index (χ1v) is 6.03. The van der Waals surface area contributed by atoms with E-state index < -0.39 is 0 Å². The van der Waals surface area contributed by atoms with Crippen molar-refractivity contribution in [3.05, 3.63) is 35.9 Å². The van der Waals surface area contributed by atoms with Crippen LogP contribution in [0.1, 0.15) is 31.7 Å². The lowest BCUT2D eigenvalue weighted by Gasteiger charge is -2.23. The van der Waals surface area contributed by atoms with Crippen LogP contribution in [0, 0.1) is 5.92 Å².